The van der Waals surface area contributed by atoms with E-state index in [-0.39, 0.29) is 18.2 Å². The molecule has 3 nitrogen and oxygen atoms in total. The number of alkyl carbamates (subject to hydrolysis) is 1. The van der Waals surface area contributed by atoms with E-state index in [9.17, 15) is 4.79 Å². The quantitative estimate of drug-likeness (QED) is 0.739. The lowest BCUT2D eigenvalue weighted by Gasteiger charge is -2.30. The fourth-order valence-electron chi connectivity index (χ4n) is 3.28. The molecule has 0 heterocycles. The molecule has 0 bridgehead atoms. The maximum Gasteiger partial charge on any atom is 0.407 e. The molecule has 3 heteroatoms. The first-order valence-corrected chi connectivity index (χ1v) is 8.44. The Hall–Kier alpha value is -0.990. The van der Waals surface area contributed by atoms with Gasteiger partial charge in [0, 0.05) is 6.04 Å². The SMILES string of the molecule is CC(C)=C1CCC(OC(=O)NC(C)C)CCCC1C(C)C. The van der Waals surface area contributed by atoms with Gasteiger partial charge in [-0.2, -0.15) is 0 Å². The van der Waals surface area contributed by atoms with Crippen LogP contribution in [0.25, 0.3) is 0 Å². The van der Waals surface area contributed by atoms with Crippen LogP contribution in [-0.4, -0.2) is 18.2 Å². The predicted octanol–water partition coefficient (Wildman–Crippen LogP) is 5.06. The molecule has 0 saturated heterocycles. The van der Waals surface area contributed by atoms with Gasteiger partial charge in [0.2, 0.25) is 0 Å². The van der Waals surface area contributed by atoms with Gasteiger partial charge in [-0.1, -0.05) is 25.0 Å². The summed E-state index contributed by atoms with van der Waals surface area (Å²) in [6.45, 7) is 13.0. The lowest BCUT2D eigenvalue weighted by Crippen LogP contribution is -2.34. The van der Waals surface area contributed by atoms with Gasteiger partial charge in [0.25, 0.3) is 0 Å². The first kappa shape index (κ1) is 18.1. The summed E-state index contributed by atoms with van der Waals surface area (Å²) >= 11 is 0. The first-order valence-electron chi connectivity index (χ1n) is 8.44. The summed E-state index contributed by atoms with van der Waals surface area (Å²) in [5.41, 5.74) is 3.03. The number of carbonyl (C=O) groups is 1. The van der Waals surface area contributed by atoms with Gasteiger partial charge in [0.1, 0.15) is 6.10 Å². The molecule has 122 valence electrons. The van der Waals surface area contributed by atoms with Crippen molar-refractivity contribution in [1.82, 2.24) is 5.32 Å². The van der Waals surface area contributed by atoms with Crippen LogP contribution in [0.4, 0.5) is 4.79 Å². The Bertz CT molecular complexity index is 367. The van der Waals surface area contributed by atoms with E-state index in [0.29, 0.717) is 11.8 Å². The Balaban J connectivity index is 2.65. The maximum absolute atomic E-state index is 11.8. The number of carbonyl (C=O) groups excluding carboxylic acids is 1. The number of allylic oxidation sites excluding steroid dienone is 2. The van der Waals surface area contributed by atoms with Crippen molar-refractivity contribution in [1.29, 1.82) is 0 Å². The summed E-state index contributed by atoms with van der Waals surface area (Å²) in [6, 6.07) is 0.129. The molecule has 1 saturated carbocycles. The second-order valence-corrected chi connectivity index (χ2v) is 7.17. The Kier molecular flexibility index (Phi) is 7.27. The van der Waals surface area contributed by atoms with Gasteiger partial charge in [-0.3, -0.25) is 0 Å². The Morgan fingerprint density at radius 2 is 1.81 bits per heavy atom. The van der Waals surface area contributed by atoms with E-state index < -0.39 is 0 Å². The molecule has 0 aromatic carbocycles. The predicted molar refractivity (Wildman–Crippen MR) is 88.3 cm³/mol. The van der Waals surface area contributed by atoms with Gasteiger partial charge in [-0.25, -0.2) is 4.79 Å². The van der Waals surface area contributed by atoms with E-state index in [2.05, 4.69) is 33.0 Å². The van der Waals surface area contributed by atoms with Crippen molar-refractivity contribution >= 4 is 6.09 Å². The first-order chi connectivity index (χ1) is 9.81. The minimum atomic E-state index is -0.269. The van der Waals surface area contributed by atoms with Crippen LogP contribution in [0.3, 0.4) is 0 Å². The van der Waals surface area contributed by atoms with Crippen LogP contribution < -0.4 is 5.32 Å². The summed E-state index contributed by atoms with van der Waals surface area (Å²) in [5, 5.41) is 2.81. The molecular weight excluding hydrogens is 262 g/mol. The Morgan fingerprint density at radius 3 is 2.33 bits per heavy atom. The summed E-state index contributed by atoms with van der Waals surface area (Å²) in [6.07, 6.45) is 5.15. The van der Waals surface area contributed by atoms with Crippen LogP contribution in [0.2, 0.25) is 0 Å². The van der Waals surface area contributed by atoms with Gasteiger partial charge in [0.05, 0.1) is 0 Å². The molecule has 0 aromatic heterocycles. The standard InChI is InChI=1S/C18H33NO2/c1-12(2)16-9-7-8-15(10-11-17(16)13(3)4)21-18(20)19-14(5)6/h12,14-16H,7-11H2,1-6H3,(H,19,20). The van der Waals surface area contributed by atoms with Crippen molar-refractivity contribution in [3.8, 4) is 0 Å². The monoisotopic (exact) mass is 295 g/mol. The number of hydrogen-bond donors (Lipinski definition) is 1. The molecule has 1 amide bonds. The van der Waals surface area contributed by atoms with Crippen molar-refractivity contribution in [3.63, 3.8) is 0 Å². The molecule has 1 fully saturated rings. The molecule has 0 radical (unpaired) electrons. The highest BCUT2D eigenvalue weighted by Gasteiger charge is 2.25. The molecule has 0 aromatic rings. The molecule has 2 unspecified atom stereocenters. The van der Waals surface area contributed by atoms with Crippen LogP contribution in [-0.2, 0) is 4.74 Å². The molecule has 1 aliphatic rings. The van der Waals surface area contributed by atoms with Gasteiger partial charge >= 0.3 is 6.09 Å². The van der Waals surface area contributed by atoms with Crippen LogP contribution in [0.5, 0.6) is 0 Å². The van der Waals surface area contributed by atoms with E-state index >= 15 is 0 Å². The minimum Gasteiger partial charge on any atom is -0.446 e. The molecule has 21 heavy (non-hydrogen) atoms. The number of ether oxygens (including phenoxy) is 1. The van der Waals surface area contributed by atoms with Crippen LogP contribution >= 0.6 is 0 Å². The number of amides is 1. The number of nitrogens with one attached hydrogen (secondary N) is 1. The van der Waals surface area contributed by atoms with E-state index in [0.717, 1.165) is 25.7 Å². The molecule has 1 N–H and O–H groups in total. The molecular formula is C18H33NO2. The third kappa shape index (κ3) is 6.11. The highest BCUT2D eigenvalue weighted by molar-refractivity contribution is 5.67. The minimum absolute atomic E-state index is 0.0613. The van der Waals surface area contributed by atoms with Crippen molar-refractivity contribution in [2.24, 2.45) is 11.8 Å². The smallest absolute Gasteiger partial charge is 0.407 e. The Morgan fingerprint density at radius 1 is 1.14 bits per heavy atom. The zero-order chi connectivity index (χ0) is 16.0. The topological polar surface area (TPSA) is 38.3 Å². The zero-order valence-electron chi connectivity index (χ0n) is 14.7. The van der Waals surface area contributed by atoms with Gasteiger partial charge in [-0.05, 0) is 71.6 Å². The fraction of sp³-hybridized carbons (Fsp3) is 0.833. The van der Waals surface area contributed by atoms with E-state index in [1.807, 2.05) is 13.8 Å². The van der Waals surface area contributed by atoms with Gasteiger partial charge < -0.3 is 10.1 Å². The highest BCUT2D eigenvalue weighted by atomic mass is 16.6. The van der Waals surface area contributed by atoms with E-state index in [1.165, 1.54) is 12.0 Å². The van der Waals surface area contributed by atoms with Crippen molar-refractivity contribution in [3.05, 3.63) is 11.1 Å². The summed E-state index contributed by atoms with van der Waals surface area (Å²) in [7, 11) is 0. The summed E-state index contributed by atoms with van der Waals surface area (Å²) < 4.78 is 5.59. The van der Waals surface area contributed by atoms with E-state index in [1.54, 1.807) is 5.57 Å². The number of rotatable bonds is 3. The second-order valence-electron chi connectivity index (χ2n) is 7.17. The van der Waals surface area contributed by atoms with Crippen LogP contribution in [0.1, 0.15) is 73.6 Å². The lowest BCUT2D eigenvalue weighted by molar-refractivity contribution is 0.0798. The van der Waals surface area contributed by atoms with Gasteiger partial charge in [-0.15, -0.1) is 0 Å². The third-order valence-corrected chi connectivity index (χ3v) is 4.35. The molecule has 1 rings (SSSR count). The lowest BCUT2D eigenvalue weighted by atomic mass is 9.77. The van der Waals surface area contributed by atoms with Crippen LogP contribution in [0, 0.1) is 11.8 Å². The van der Waals surface area contributed by atoms with Gasteiger partial charge in [0.15, 0.2) is 0 Å². The molecule has 0 spiro atoms. The van der Waals surface area contributed by atoms with Crippen LogP contribution in [0.15, 0.2) is 11.1 Å². The highest BCUT2D eigenvalue weighted by Crippen LogP contribution is 2.35. The molecule has 0 aliphatic heterocycles. The second kappa shape index (κ2) is 8.45. The summed E-state index contributed by atoms with van der Waals surface area (Å²) in [5.74, 6) is 1.39. The largest absolute Gasteiger partial charge is 0.446 e. The maximum atomic E-state index is 11.8. The summed E-state index contributed by atoms with van der Waals surface area (Å²) in [4.78, 5) is 11.8. The normalized spacial score (nSPS) is 23.7. The molecule has 2 atom stereocenters. The average Bonchev–Trinajstić information content (AvgIpc) is 2.30. The van der Waals surface area contributed by atoms with E-state index in [4.69, 9.17) is 4.74 Å². The van der Waals surface area contributed by atoms with Crippen molar-refractivity contribution in [2.75, 3.05) is 0 Å². The van der Waals surface area contributed by atoms with Crippen molar-refractivity contribution in [2.45, 2.75) is 85.8 Å². The average molecular weight is 295 g/mol. The fourth-order valence-corrected chi connectivity index (χ4v) is 3.28. The third-order valence-electron chi connectivity index (χ3n) is 4.35. The molecule has 1 aliphatic carbocycles. The zero-order valence-corrected chi connectivity index (χ0v) is 14.7. The Labute approximate surface area is 130 Å². The number of hydrogen-bond acceptors (Lipinski definition) is 2. The van der Waals surface area contributed by atoms with Crippen molar-refractivity contribution < 1.29 is 9.53 Å².